The summed E-state index contributed by atoms with van der Waals surface area (Å²) in [5, 5.41) is 12.6. The predicted molar refractivity (Wildman–Crippen MR) is 103 cm³/mol. The molecular formula is C19H21ClFNO3S. The summed E-state index contributed by atoms with van der Waals surface area (Å²) >= 11 is 7.63. The molecule has 0 bridgehead atoms. The van der Waals surface area contributed by atoms with Crippen molar-refractivity contribution in [1.82, 2.24) is 5.32 Å². The number of carboxylic acids is 1. The number of aliphatic carboxylic acids is 1. The number of benzene rings is 2. The highest BCUT2D eigenvalue weighted by atomic mass is 35.5. The van der Waals surface area contributed by atoms with Gasteiger partial charge in [0.1, 0.15) is 24.2 Å². The molecule has 4 nitrogen and oxygen atoms in total. The molecule has 0 radical (unpaired) electrons. The molecule has 26 heavy (non-hydrogen) atoms. The topological polar surface area (TPSA) is 58.6 Å². The van der Waals surface area contributed by atoms with E-state index in [1.54, 1.807) is 30.0 Å². The van der Waals surface area contributed by atoms with Gasteiger partial charge in [-0.2, -0.15) is 11.8 Å². The van der Waals surface area contributed by atoms with Crippen LogP contribution in [0.3, 0.4) is 0 Å². The second-order valence-corrected chi connectivity index (χ2v) is 7.04. The highest BCUT2D eigenvalue weighted by molar-refractivity contribution is 7.98. The fraction of sp³-hybridized carbons (Fsp3) is 0.316. The maximum absolute atomic E-state index is 13.9. The SMILES string of the molecule is CSCCC(NCc1ccccc1OCc1c(F)cccc1Cl)C(=O)O. The number of carboxylic acid groups (broad SMARTS) is 1. The number of para-hydroxylation sites is 1. The quantitative estimate of drug-likeness (QED) is 0.624. The Hall–Kier alpha value is -1.76. The van der Waals surface area contributed by atoms with Crippen LogP contribution in [0.1, 0.15) is 17.5 Å². The van der Waals surface area contributed by atoms with E-state index >= 15 is 0 Å². The second kappa shape index (κ2) is 10.4. The molecule has 7 heteroatoms. The van der Waals surface area contributed by atoms with Gasteiger partial charge < -0.3 is 15.2 Å². The molecule has 2 rings (SSSR count). The van der Waals surface area contributed by atoms with Gasteiger partial charge in [-0.3, -0.25) is 4.79 Å². The average Bonchev–Trinajstić information content (AvgIpc) is 2.62. The fourth-order valence-corrected chi connectivity index (χ4v) is 3.08. The van der Waals surface area contributed by atoms with E-state index in [1.807, 2.05) is 24.5 Å². The van der Waals surface area contributed by atoms with Crippen LogP contribution in [-0.4, -0.2) is 29.1 Å². The molecule has 0 aliphatic heterocycles. The predicted octanol–water partition coefficient (Wildman–Crippen LogP) is 4.35. The molecule has 0 aromatic heterocycles. The Morgan fingerprint density at radius 2 is 2.08 bits per heavy atom. The Morgan fingerprint density at radius 3 is 2.77 bits per heavy atom. The van der Waals surface area contributed by atoms with Gasteiger partial charge in [-0.05, 0) is 36.6 Å². The van der Waals surface area contributed by atoms with Crippen LogP contribution < -0.4 is 10.1 Å². The number of carbonyl (C=O) groups is 1. The van der Waals surface area contributed by atoms with E-state index in [-0.39, 0.29) is 6.61 Å². The summed E-state index contributed by atoms with van der Waals surface area (Å²) in [5.41, 5.74) is 1.09. The minimum Gasteiger partial charge on any atom is -0.488 e. The number of hydrogen-bond donors (Lipinski definition) is 2. The smallest absolute Gasteiger partial charge is 0.320 e. The third-order valence-corrected chi connectivity index (χ3v) is 4.85. The van der Waals surface area contributed by atoms with Gasteiger partial charge in [-0.25, -0.2) is 4.39 Å². The Kier molecular flexibility index (Phi) is 8.22. The van der Waals surface area contributed by atoms with E-state index in [1.165, 1.54) is 6.07 Å². The van der Waals surface area contributed by atoms with Gasteiger partial charge in [0.2, 0.25) is 0 Å². The van der Waals surface area contributed by atoms with Crippen molar-refractivity contribution in [2.45, 2.75) is 25.6 Å². The van der Waals surface area contributed by atoms with Crippen molar-refractivity contribution in [2.24, 2.45) is 0 Å². The molecule has 140 valence electrons. The highest BCUT2D eigenvalue weighted by Gasteiger charge is 2.17. The molecule has 2 aromatic carbocycles. The van der Waals surface area contributed by atoms with E-state index in [2.05, 4.69) is 5.32 Å². The van der Waals surface area contributed by atoms with Crippen molar-refractivity contribution in [3.63, 3.8) is 0 Å². The van der Waals surface area contributed by atoms with Gasteiger partial charge in [-0.15, -0.1) is 0 Å². The molecule has 2 N–H and O–H groups in total. The monoisotopic (exact) mass is 397 g/mol. The van der Waals surface area contributed by atoms with E-state index < -0.39 is 17.8 Å². The highest BCUT2D eigenvalue weighted by Crippen LogP contribution is 2.24. The lowest BCUT2D eigenvalue weighted by molar-refractivity contribution is -0.139. The lowest BCUT2D eigenvalue weighted by atomic mass is 10.1. The molecule has 1 unspecified atom stereocenters. The summed E-state index contributed by atoms with van der Waals surface area (Å²) in [4.78, 5) is 11.3. The molecule has 0 spiro atoms. The van der Waals surface area contributed by atoms with Gasteiger partial charge in [0.25, 0.3) is 0 Å². The first-order valence-electron chi connectivity index (χ1n) is 8.11. The van der Waals surface area contributed by atoms with E-state index in [4.69, 9.17) is 16.3 Å². The normalized spacial score (nSPS) is 12.0. The number of nitrogens with one attached hydrogen (secondary N) is 1. The summed E-state index contributed by atoms with van der Waals surface area (Å²) in [6.07, 6.45) is 2.47. The molecule has 0 heterocycles. The second-order valence-electron chi connectivity index (χ2n) is 5.65. The van der Waals surface area contributed by atoms with Gasteiger partial charge in [0.05, 0.1) is 5.02 Å². The zero-order chi connectivity index (χ0) is 18.9. The summed E-state index contributed by atoms with van der Waals surface area (Å²) in [6.45, 7) is 0.337. The van der Waals surface area contributed by atoms with Gasteiger partial charge in [0, 0.05) is 17.7 Å². The van der Waals surface area contributed by atoms with E-state index in [9.17, 15) is 14.3 Å². The lowest BCUT2D eigenvalue weighted by Crippen LogP contribution is -2.36. The van der Waals surface area contributed by atoms with Crippen LogP contribution in [0.4, 0.5) is 4.39 Å². The summed E-state index contributed by atoms with van der Waals surface area (Å²) in [6, 6.07) is 11.1. The zero-order valence-electron chi connectivity index (χ0n) is 14.4. The fourth-order valence-electron chi connectivity index (χ4n) is 2.39. The summed E-state index contributed by atoms with van der Waals surface area (Å²) in [5.74, 6) is 0.0217. The Bertz CT molecular complexity index is 724. The molecule has 0 saturated heterocycles. The number of hydrogen-bond acceptors (Lipinski definition) is 4. The van der Waals surface area contributed by atoms with Crippen molar-refractivity contribution in [1.29, 1.82) is 0 Å². The number of ether oxygens (including phenoxy) is 1. The minimum absolute atomic E-state index is 0.00263. The van der Waals surface area contributed by atoms with Crippen LogP contribution in [0.25, 0.3) is 0 Å². The number of thioether (sulfide) groups is 1. The maximum Gasteiger partial charge on any atom is 0.320 e. The Balaban J connectivity index is 2.04. The van der Waals surface area contributed by atoms with Crippen LogP contribution in [0.2, 0.25) is 5.02 Å². The molecule has 2 aromatic rings. The van der Waals surface area contributed by atoms with Crippen LogP contribution in [0, 0.1) is 5.82 Å². The summed E-state index contributed by atoms with van der Waals surface area (Å²) < 4.78 is 19.6. The van der Waals surface area contributed by atoms with Crippen LogP contribution in [0.15, 0.2) is 42.5 Å². The molecule has 0 aliphatic carbocycles. The number of halogens is 2. The third kappa shape index (κ3) is 5.90. The van der Waals surface area contributed by atoms with Crippen molar-refractivity contribution in [2.75, 3.05) is 12.0 Å². The average molecular weight is 398 g/mol. The first-order chi connectivity index (χ1) is 12.5. The molecule has 0 aliphatic rings. The van der Waals surface area contributed by atoms with Crippen molar-refractivity contribution in [3.05, 3.63) is 64.4 Å². The minimum atomic E-state index is -0.879. The van der Waals surface area contributed by atoms with Crippen molar-refractivity contribution < 1.29 is 19.0 Å². The maximum atomic E-state index is 13.9. The third-order valence-electron chi connectivity index (χ3n) is 3.85. The van der Waals surface area contributed by atoms with Gasteiger partial charge in [0.15, 0.2) is 0 Å². The molecule has 0 amide bonds. The zero-order valence-corrected chi connectivity index (χ0v) is 15.9. The Morgan fingerprint density at radius 1 is 1.31 bits per heavy atom. The molecular weight excluding hydrogens is 377 g/mol. The number of rotatable bonds is 10. The van der Waals surface area contributed by atoms with E-state index in [0.29, 0.717) is 29.3 Å². The van der Waals surface area contributed by atoms with Crippen molar-refractivity contribution in [3.8, 4) is 5.75 Å². The van der Waals surface area contributed by atoms with E-state index in [0.717, 1.165) is 11.3 Å². The molecule has 0 fully saturated rings. The largest absolute Gasteiger partial charge is 0.488 e. The van der Waals surface area contributed by atoms with Gasteiger partial charge in [-0.1, -0.05) is 35.9 Å². The molecule has 1 atom stereocenters. The van der Waals surface area contributed by atoms with Crippen LogP contribution in [-0.2, 0) is 17.9 Å². The molecule has 0 saturated carbocycles. The lowest BCUT2D eigenvalue weighted by Gasteiger charge is -2.16. The van der Waals surface area contributed by atoms with Gasteiger partial charge >= 0.3 is 5.97 Å². The Labute approximate surface area is 161 Å². The van der Waals surface area contributed by atoms with Crippen molar-refractivity contribution >= 4 is 29.3 Å². The van der Waals surface area contributed by atoms with Crippen LogP contribution in [0.5, 0.6) is 5.75 Å². The van der Waals surface area contributed by atoms with Crippen LogP contribution >= 0.6 is 23.4 Å². The first-order valence-corrected chi connectivity index (χ1v) is 9.88. The first kappa shape index (κ1) is 20.6. The standard InChI is InChI=1S/C19H21ClFNO3S/c1-26-10-9-17(19(23)24)22-11-13-5-2-3-8-18(13)25-12-14-15(20)6-4-7-16(14)21/h2-8,17,22H,9-12H2,1H3,(H,23,24). The summed E-state index contributed by atoms with van der Waals surface area (Å²) in [7, 11) is 0.